The molecule has 1 aromatic rings. The largest absolute Gasteiger partial charge is 0.144 e. The Kier molecular flexibility index (Phi) is 3.55. The normalized spacial score (nSPS) is 14.4. The van der Waals surface area contributed by atoms with Crippen molar-refractivity contribution in [2.75, 3.05) is 0 Å². The van der Waals surface area contributed by atoms with Crippen molar-refractivity contribution in [3.63, 3.8) is 0 Å². The van der Waals surface area contributed by atoms with E-state index >= 15 is 0 Å². The first kappa shape index (κ1) is 9.01. The molecule has 0 spiro atoms. The van der Waals surface area contributed by atoms with Crippen LogP contribution in [0.15, 0.2) is 36.3 Å². The van der Waals surface area contributed by atoms with Gasteiger partial charge in [-0.15, -0.1) is 11.3 Å². The van der Waals surface area contributed by atoms with Gasteiger partial charge < -0.3 is 0 Å². The first-order chi connectivity index (χ1) is 5.88. The molecule has 0 radical (unpaired) electrons. The van der Waals surface area contributed by atoms with E-state index in [1.54, 1.807) is 11.3 Å². The zero-order valence-corrected chi connectivity index (χ0v) is 7.97. The second-order valence-electron chi connectivity index (χ2n) is 2.34. The Morgan fingerprint density at radius 3 is 2.92 bits per heavy atom. The maximum atomic E-state index is 3.68. The molecule has 1 aromatic heterocycles. The summed E-state index contributed by atoms with van der Waals surface area (Å²) in [6, 6.07) is 2.11. The molecule has 0 amide bonds. The molecular formula is C11H12S. The second-order valence-corrected chi connectivity index (χ2v) is 3.28. The van der Waals surface area contributed by atoms with Crippen LogP contribution in [0.2, 0.25) is 0 Å². The lowest BCUT2D eigenvalue weighted by molar-refractivity contribution is 1.70. The van der Waals surface area contributed by atoms with Crippen molar-refractivity contribution in [2.24, 2.45) is 0 Å². The summed E-state index contributed by atoms with van der Waals surface area (Å²) in [5, 5.41) is 3.35. The lowest BCUT2D eigenvalue weighted by Gasteiger charge is -1.75. The van der Waals surface area contributed by atoms with E-state index in [0.29, 0.717) is 0 Å². The van der Waals surface area contributed by atoms with Crippen molar-refractivity contribution < 1.29 is 0 Å². The minimum atomic E-state index is 1.26. The van der Waals surface area contributed by atoms with E-state index in [-0.39, 0.29) is 0 Å². The molecule has 0 atom stereocenters. The van der Waals surface area contributed by atoms with E-state index in [1.807, 2.05) is 31.2 Å². The van der Waals surface area contributed by atoms with Crippen molar-refractivity contribution in [1.82, 2.24) is 0 Å². The summed E-state index contributed by atoms with van der Waals surface area (Å²) in [5.74, 6) is 0. The SMILES string of the molecule is C=C/C=c1/scc/c1=C/C=C\C. The molecule has 62 valence electrons. The lowest BCUT2D eigenvalue weighted by Crippen LogP contribution is -2.16. The number of hydrogen-bond acceptors (Lipinski definition) is 1. The molecular weight excluding hydrogens is 164 g/mol. The predicted octanol–water partition coefficient (Wildman–Crippen LogP) is 2.07. The first-order valence-electron chi connectivity index (χ1n) is 3.87. The van der Waals surface area contributed by atoms with Crippen LogP contribution in [0.5, 0.6) is 0 Å². The van der Waals surface area contributed by atoms with Gasteiger partial charge in [0.05, 0.1) is 0 Å². The Morgan fingerprint density at radius 1 is 1.42 bits per heavy atom. The van der Waals surface area contributed by atoms with Crippen molar-refractivity contribution >= 4 is 23.5 Å². The van der Waals surface area contributed by atoms with Gasteiger partial charge in [-0.25, -0.2) is 0 Å². The summed E-state index contributed by atoms with van der Waals surface area (Å²) in [7, 11) is 0. The van der Waals surface area contributed by atoms with Gasteiger partial charge in [0.25, 0.3) is 0 Å². The average molecular weight is 176 g/mol. The van der Waals surface area contributed by atoms with E-state index in [9.17, 15) is 0 Å². The fraction of sp³-hybridized carbons (Fsp3) is 0.0909. The highest BCUT2D eigenvalue weighted by Gasteiger charge is 1.82. The monoisotopic (exact) mass is 176 g/mol. The summed E-state index contributed by atoms with van der Waals surface area (Å²) in [5.41, 5.74) is 0. The maximum absolute atomic E-state index is 3.68. The van der Waals surface area contributed by atoms with Crippen LogP contribution in [-0.4, -0.2) is 0 Å². The van der Waals surface area contributed by atoms with Crippen LogP contribution in [0, 0.1) is 0 Å². The molecule has 1 heteroatoms. The molecule has 0 aliphatic rings. The molecule has 0 aliphatic heterocycles. The van der Waals surface area contributed by atoms with Crippen LogP contribution in [0.25, 0.3) is 12.2 Å². The van der Waals surface area contributed by atoms with E-state index in [2.05, 4.69) is 24.1 Å². The van der Waals surface area contributed by atoms with Crippen LogP contribution in [-0.2, 0) is 0 Å². The lowest BCUT2D eigenvalue weighted by atomic mass is 10.3. The quantitative estimate of drug-likeness (QED) is 0.647. The number of thiophene rings is 1. The Balaban J connectivity index is 3.24. The van der Waals surface area contributed by atoms with E-state index in [0.717, 1.165) is 0 Å². The third-order valence-electron chi connectivity index (χ3n) is 1.46. The summed E-state index contributed by atoms with van der Waals surface area (Å²) in [4.78, 5) is 0. The highest BCUT2D eigenvalue weighted by molar-refractivity contribution is 7.07. The Labute approximate surface area is 76.9 Å². The molecule has 12 heavy (non-hydrogen) atoms. The van der Waals surface area contributed by atoms with E-state index < -0.39 is 0 Å². The number of rotatable bonds is 2. The molecule has 0 N–H and O–H groups in total. The third kappa shape index (κ3) is 2.21. The maximum Gasteiger partial charge on any atom is 0.0342 e. The Morgan fingerprint density at radius 2 is 2.25 bits per heavy atom. The van der Waals surface area contributed by atoms with Crippen molar-refractivity contribution in [2.45, 2.75) is 6.92 Å². The first-order valence-corrected chi connectivity index (χ1v) is 4.75. The van der Waals surface area contributed by atoms with E-state index in [1.165, 1.54) is 9.75 Å². The molecule has 1 rings (SSSR count). The summed E-state index contributed by atoms with van der Waals surface area (Å²) in [6.45, 7) is 5.69. The van der Waals surface area contributed by atoms with Crippen LogP contribution in [0.1, 0.15) is 6.92 Å². The minimum absolute atomic E-state index is 1.26. The smallest absolute Gasteiger partial charge is 0.0342 e. The number of hydrogen-bond donors (Lipinski definition) is 0. The molecule has 0 aliphatic carbocycles. The molecule has 0 bridgehead atoms. The van der Waals surface area contributed by atoms with Gasteiger partial charge in [0.2, 0.25) is 0 Å². The molecule has 1 heterocycles. The van der Waals surface area contributed by atoms with Crippen LogP contribution in [0.4, 0.5) is 0 Å². The van der Waals surface area contributed by atoms with Crippen LogP contribution in [0.3, 0.4) is 0 Å². The van der Waals surface area contributed by atoms with Gasteiger partial charge in [-0.05, 0) is 29.7 Å². The van der Waals surface area contributed by atoms with Gasteiger partial charge in [0.1, 0.15) is 0 Å². The molecule has 0 fully saturated rings. The molecule has 0 unspecified atom stereocenters. The van der Waals surface area contributed by atoms with Gasteiger partial charge in [-0.2, -0.15) is 0 Å². The van der Waals surface area contributed by atoms with Crippen LogP contribution < -0.4 is 9.75 Å². The van der Waals surface area contributed by atoms with Gasteiger partial charge in [0.15, 0.2) is 0 Å². The van der Waals surface area contributed by atoms with Gasteiger partial charge in [-0.1, -0.05) is 30.9 Å². The highest BCUT2D eigenvalue weighted by atomic mass is 32.1. The fourth-order valence-electron chi connectivity index (χ4n) is 0.911. The van der Waals surface area contributed by atoms with Gasteiger partial charge in [0, 0.05) is 4.53 Å². The third-order valence-corrected chi connectivity index (χ3v) is 2.36. The summed E-state index contributed by atoms with van der Waals surface area (Å²) < 4.78 is 1.27. The topological polar surface area (TPSA) is 0 Å². The Bertz CT molecular complexity index is 379. The van der Waals surface area contributed by atoms with Gasteiger partial charge in [-0.3, -0.25) is 0 Å². The van der Waals surface area contributed by atoms with Gasteiger partial charge >= 0.3 is 0 Å². The highest BCUT2D eigenvalue weighted by Crippen LogP contribution is 1.82. The molecule has 0 saturated carbocycles. The standard InChI is InChI=1S/C11H12S/c1-3-5-7-10-8-9-12-11(10)6-4-2/h3-9H,2H2,1H3/b5-3-,10-7-,11-6+. The summed E-state index contributed by atoms with van der Waals surface area (Å²) >= 11 is 1.73. The molecule has 0 saturated heterocycles. The molecule has 0 nitrogen and oxygen atoms in total. The fourth-order valence-corrected chi connectivity index (χ4v) is 1.72. The predicted molar refractivity (Wildman–Crippen MR) is 57.5 cm³/mol. The average Bonchev–Trinajstić information content (AvgIpc) is 2.50. The van der Waals surface area contributed by atoms with Crippen molar-refractivity contribution in [3.05, 3.63) is 46.0 Å². The zero-order chi connectivity index (χ0) is 8.81. The second kappa shape index (κ2) is 4.73. The molecule has 0 aromatic carbocycles. The zero-order valence-electron chi connectivity index (χ0n) is 7.16. The summed E-state index contributed by atoms with van der Waals surface area (Å²) in [6.07, 6.45) is 10.0. The Hall–Kier alpha value is -1.08. The minimum Gasteiger partial charge on any atom is -0.144 e. The van der Waals surface area contributed by atoms with Crippen LogP contribution >= 0.6 is 11.3 Å². The number of allylic oxidation sites excluding steroid dienone is 3. The van der Waals surface area contributed by atoms with Crippen molar-refractivity contribution in [3.8, 4) is 0 Å². The van der Waals surface area contributed by atoms with Crippen molar-refractivity contribution in [1.29, 1.82) is 0 Å². The van der Waals surface area contributed by atoms with E-state index in [4.69, 9.17) is 0 Å².